The molecule has 3 aliphatic heterocycles. The zero-order valence-corrected chi connectivity index (χ0v) is 20.1. The second kappa shape index (κ2) is 6.76. The number of benzene rings is 2. The van der Waals surface area contributed by atoms with Crippen molar-refractivity contribution in [1.29, 1.82) is 0 Å². The summed E-state index contributed by atoms with van der Waals surface area (Å²) < 4.78 is 37.9. The standard InChI is InChI=1S/C24H30B2O6/c1-21(2)22(3,4)30-25(29-21)15-13-16(26-31-23(5,6)24(7,8)32-26)20-19(14-15)27-17-11-9-10-12-18(17)28-20/h9-14H,1-8H3. The maximum absolute atomic E-state index is 6.36. The van der Waals surface area contributed by atoms with Crippen LogP contribution in [0.25, 0.3) is 0 Å². The third-order valence-electron chi connectivity index (χ3n) is 7.42. The summed E-state index contributed by atoms with van der Waals surface area (Å²) in [5.74, 6) is 2.48. The molecule has 0 saturated carbocycles. The maximum atomic E-state index is 6.36. The van der Waals surface area contributed by atoms with E-state index >= 15 is 0 Å². The molecule has 0 spiro atoms. The lowest BCUT2D eigenvalue weighted by molar-refractivity contribution is 0.00578. The van der Waals surface area contributed by atoms with Crippen LogP contribution < -0.4 is 20.4 Å². The molecule has 0 radical (unpaired) electrons. The van der Waals surface area contributed by atoms with E-state index in [1.807, 2.05) is 91.8 Å². The monoisotopic (exact) mass is 436 g/mol. The number of fused-ring (bicyclic) bond motifs is 2. The maximum Gasteiger partial charge on any atom is 0.498 e. The zero-order valence-electron chi connectivity index (χ0n) is 20.1. The molecule has 2 aromatic carbocycles. The van der Waals surface area contributed by atoms with Crippen molar-refractivity contribution in [1.82, 2.24) is 0 Å². The van der Waals surface area contributed by atoms with Gasteiger partial charge in [0.05, 0.1) is 22.4 Å². The topological polar surface area (TPSA) is 55.4 Å². The van der Waals surface area contributed by atoms with Crippen molar-refractivity contribution in [3.63, 3.8) is 0 Å². The first kappa shape index (κ1) is 21.8. The molecule has 3 aliphatic rings. The summed E-state index contributed by atoms with van der Waals surface area (Å²) in [6.07, 6.45) is 0. The molecule has 2 aromatic rings. The van der Waals surface area contributed by atoms with Gasteiger partial charge in [-0.2, -0.15) is 0 Å². The first-order valence-electron chi connectivity index (χ1n) is 11.1. The highest BCUT2D eigenvalue weighted by molar-refractivity contribution is 6.66. The molecule has 168 valence electrons. The summed E-state index contributed by atoms with van der Waals surface area (Å²) in [6, 6.07) is 11.5. The summed E-state index contributed by atoms with van der Waals surface area (Å²) in [4.78, 5) is 0. The van der Waals surface area contributed by atoms with E-state index in [0.717, 1.165) is 10.9 Å². The molecule has 2 fully saturated rings. The summed E-state index contributed by atoms with van der Waals surface area (Å²) in [6.45, 7) is 16.3. The van der Waals surface area contributed by atoms with E-state index < -0.39 is 36.6 Å². The fraction of sp³-hybridized carbons (Fsp3) is 0.500. The molecule has 8 heteroatoms. The molecule has 5 rings (SSSR count). The van der Waals surface area contributed by atoms with Crippen LogP contribution in [0.5, 0.6) is 23.0 Å². The largest absolute Gasteiger partial charge is 0.498 e. The fourth-order valence-corrected chi connectivity index (χ4v) is 3.94. The zero-order chi connectivity index (χ0) is 23.1. The average Bonchev–Trinajstić information content (AvgIpc) is 3.05. The van der Waals surface area contributed by atoms with Gasteiger partial charge in [0.1, 0.15) is 0 Å². The Labute approximate surface area is 190 Å². The Hall–Kier alpha value is -1.99. The predicted molar refractivity (Wildman–Crippen MR) is 124 cm³/mol. The summed E-state index contributed by atoms with van der Waals surface area (Å²) in [5, 5.41) is 0. The lowest BCUT2D eigenvalue weighted by atomic mass is 9.71. The molecule has 6 nitrogen and oxygen atoms in total. The second-order valence-electron chi connectivity index (χ2n) is 10.8. The number of hydrogen-bond acceptors (Lipinski definition) is 6. The molecule has 0 unspecified atom stereocenters. The lowest BCUT2D eigenvalue weighted by Gasteiger charge is -2.32. The van der Waals surface area contributed by atoms with Crippen molar-refractivity contribution in [2.75, 3.05) is 0 Å². The Morgan fingerprint density at radius 3 is 1.56 bits per heavy atom. The minimum absolute atomic E-state index is 0.456. The molecule has 0 atom stereocenters. The normalized spacial score (nSPS) is 23.9. The SMILES string of the molecule is CC1(C)OB(c2cc3c(c(B4OC(C)(C)C(C)(C)O4)c2)Oc2ccccc2O3)OC1(C)C. The highest BCUT2D eigenvalue weighted by Gasteiger charge is 2.55. The minimum Gasteiger partial charge on any atom is -0.450 e. The van der Waals surface area contributed by atoms with Gasteiger partial charge in [-0.25, -0.2) is 0 Å². The first-order chi connectivity index (χ1) is 14.8. The van der Waals surface area contributed by atoms with Gasteiger partial charge in [-0.1, -0.05) is 18.2 Å². The van der Waals surface area contributed by atoms with Crippen LogP contribution in [-0.2, 0) is 18.6 Å². The van der Waals surface area contributed by atoms with E-state index in [4.69, 9.17) is 28.1 Å². The molecule has 0 amide bonds. The number of ether oxygens (including phenoxy) is 2. The number of rotatable bonds is 2. The summed E-state index contributed by atoms with van der Waals surface area (Å²) in [7, 11) is -1.17. The third kappa shape index (κ3) is 3.27. The van der Waals surface area contributed by atoms with Crippen LogP contribution >= 0.6 is 0 Å². The Morgan fingerprint density at radius 2 is 1.03 bits per heavy atom. The van der Waals surface area contributed by atoms with Crippen LogP contribution in [-0.4, -0.2) is 36.6 Å². The van der Waals surface area contributed by atoms with E-state index in [9.17, 15) is 0 Å². The van der Waals surface area contributed by atoms with E-state index in [-0.39, 0.29) is 0 Å². The van der Waals surface area contributed by atoms with Crippen molar-refractivity contribution >= 4 is 25.2 Å². The quantitative estimate of drug-likeness (QED) is 0.562. The highest BCUT2D eigenvalue weighted by atomic mass is 16.7. The molecule has 3 heterocycles. The number of hydrogen-bond donors (Lipinski definition) is 0. The third-order valence-corrected chi connectivity index (χ3v) is 7.42. The molecule has 0 aromatic heterocycles. The Balaban J connectivity index is 1.60. The van der Waals surface area contributed by atoms with Crippen LogP contribution in [0.2, 0.25) is 0 Å². The molecule has 32 heavy (non-hydrogen) atoms. The molecule has 0 bridgehead atoms. The van der Waals surface area contributed by atoms with E-state index in [2.05, 4.69) is 0 Å². The van der Waals surface area contributed by atoms with E-state index in [0.29, 0.717) is 23.0 Å². The van der Waals surface area contributed by atoms with Crippen LogP contribution in [0.3, 0.4) is 0 Å². The molecule has 0 N–H and O–H groups in total. The van der Waals surface area contributed by atoms with Gasteiger partial charge in [-0.3, -0.25) is 0 Å². The highest BCUT2D eigenvalue weighted by Crippen LogP contribution is 2.46. The van der Waals surface area contributed by atoms with Crippen LogP contribution in [0.4, 0.5) is 0 Å². The van der Waals surface area contributed by atoms with Gasteiger partial charge < -0.3 is 28.1 Å². The van der Waals surface area contributed by atoms with E-state index in [1.165, 1.54) is 0 Å². The lowest BCUT2D eigenvalue weighted by Crippen LogP contribution is -2.42. The first-order valence-corrected chi connectivity index (χ1v) is 11.1. The van der Waals surface area contributed by atoms with Crippen molar-refractivity contribution in [2.45, 2.75) is 77.8 Å². The smallest absolute Gasteiger partial charge is 0.450 e. The number of para-hydroxylation sites is 2. The second-order valence-corrected chi connectivity index (χ2v) is 10.8. The average molecular weight is 436 g/mol. The van der Waals surface area contributed by atoms with Gasteiger partial charge in [0, 0.05) is 5.46 Å². The summed E-state index contributed by atoms with van der Waals surface area (Å²) in [5.41, 5.74) is -0.309. The van der Waals surface area contributed by atoms with Crippen molar-refractivity contribution in [3.05, 3.63) is 36.4 Å². The predicted octanol–water partition coefficient (Wildman–Crippen LogP) is 4.18. The Morgan fingerprint density at radius 1 is 0.562 bits per heavy atom. The molecule has 0 aliphatic carbocycles. The van der Waals surface area contributed by atoms with Crippen molar-refractivity contribution < 1.29 is 28.1 Å². The van der Waals surface area contributed by atoms with Gasteiger partial charge in [0.2, 0.25) is 0 Å². The van der Waals surface area contributed by atoms with Gasteiger partial charge in [-0.05, 0) is 79.1 Å². The van der Waals surface area contributed by atoms with Crippen molar-refractivity contribution in [3.8, 4) is 23.0 Å². The van der Waals surface area contributed by atoms with Gasteiger partial charge >= 0.3 is 14.2 Å². The summed E-state index contributed by atoms with van der Waals surface area (Å²) >= 11 is 0. The Kier molecular flexibility index (Phi) is 4.61. The van der Waals surface area contributed by atoms with E-state index in [1.54, 1.807) is 0 Å². The fourth-order valence-electron chi connectivity index (χ4n) is 3.94. The van der Waals surface area contributed by atoms with Crippen LogP contribution in [0.1, 0.15) is 55.4 Å². The Bertz CT molecular complexity index is 1050. The molecule has 2 saturated heterocycles. The van der Waals surface area contributed by atoms with Gasteiger partial charge in [-0.15, -0.1) is 0 Å². The van der Waals surface area contributed by atoms with Gasteiger partial charge in [0.25, 0.3) is 0 Å². The molecular formula is C24H30B2O6. The van der Waals surface area contributed by atoms with Crippen molar-refractivity contribution in [2.24, 2.45) is 0 Å². The molecular weight excluding hydrogens is 406 g/mol. The van der Waals surface area contributed by atoms with Crippen LogP contribution in [0, 0.1) is 0 Å². The minimum atomic E-state index is -0.620. The van der Waals surface area contributed by atoms with Gasteiger partial charge in [0.15, 0.2) is 23.0 Å². The van der Waals surface area contributed by atoms with Crippen LogP contribution in [0.15, 0.2) is 36.4 Å².